The van der Waals surface area contributed by atoms with E-state index in [1.54, 1.807) is 26.1 Å². The lowest BCUT2D eigenvalue weighted by molar-refractivity contribution is -0.116. The van der Waals surface area contributed by atoms with Crippen LogP contribution in [0, 0.1) is 6.92 Å². The van der Waals surface area contributed by atoms with E-state index in [1.807, 2.05) is 37.3 Å². The van der Waals surface area contributed by atoms with Crippen LogP contribution in [0.1, 0.15) is 36.5 Å². The molecule has 0 saturated heterocycles. The van der Waals surface area contributed by atoms with Crippen molar-refractivity contribution in [3.05, 3.63) is 59.2 Å². The topological polar surface area (TPSA) is 99.7 Å². The summed E-state index contributed by atoms with van der Waals surface area (Å²) in [6.07, 6.45) is 2.55. The third-order valence-electron chi connectivity index (χ3n) is 4.50. The Kier molecular flexibility index (Phi) is 8.41. The molecule has 0 aromatic heterocycles. The van der Waals surface area contributed by atoms with Gasteiger partial charge in [0.1, 0.15) is 0 Å². The fraction of sp³-hybridized carbons (Fsp3) is 0.364. The van der Waals surface area contributed by atoms with Crippen molar-refractivity contribution < 1.29 is 13.2 Å². The lowest BCUT2D eigenvalue weighted by Gasteiger charge is -2.13. The Labute approximate surface area is 178 Å². The van der Waals surface area contributed by atoms with E-state index in [9.17, 15) is 13.2 Å². The number of aryl methyl sites for hydroxylation is 1. The zero-order valence-corrected chi connectivity index (χ0v) is 18.8. The van der Waals surface area contributed by atoms with Crippen molar-refractivity contribution in [1.82, 2.24) is 10.6 Å². The van der Waals surface area contributed by atoms with Gasteiger partial charge in [0.2, 0.25) is 5.91 Å². The number of hydrogen-bond donors (Lipinski definition) is 3. The van der Waals surface area contributed by atoms with Gasteiger partial charge in [-0.3, -0.25) is 9.79 Å². The lowest BCUT2D eigenvalue weighted by Crippen LogP contribution is -2.36. The number of sulfone groups is 1. The second-order valence-corrected chi connectivity index (χ2v) is 9.13. The van der Waals surface area contributed by atoms with Crippen molar-refractivity contribution in [2.24, 2.45) is 4.99 Å². The average molecular weight is 431 g/mol. The fourth-order valence-corrected chi connectivity index (χ4v) is 3.95. The monoisotopic (exact) mass is 430 g/mol. The highest BCUT2D eigenvalue weighted by molar-refractivity contribution is 7.90. The normalized spacial score (nSPS) is 11.8. The lowest BCUT2D eigenvalue weighted by atomic mass is 10.1. The van der Waals surface area contributed by atoms with Gasteiger partial charge in [0, 0.05) is 38.5 Å². The van der Waals surface area contributed by atoms with Crippen LogP contribution in [0.5, 0.6) is 0 Å². The smallest absolute Gasteiger partial charge is 0.224 e. The van der Waals surface area contributed by atoms with E-state index in [-0.39, 0.29) is 5.91 Å². The molecule has 0 aliphatic rings. The number of hydrogen-bond acceptors (Lipinski definition) is 4. The van der Waals surface area contributed by atoms with E-state index in [4.69, 9.17) is 0 Å². The summed E-state index contributed by atoms with van der Waals surface area (Å²) in [5, 5.41) is 9.34. The molecule has 2 rings (SSSR count). The molecule has 7 nitrogen and oxygen atoms in total. The van der Waals surface area contributed by atoms with Gasteiger partial charge in [0.25, 0.3) is 0 Å². The van der Waals surface area contributed by atoms with Gasteiger partial charge in [0.15, 0.2) is 15.8 Å². The molecule has 0 bridgehead atoms. The van der Waals surface area contributed by atoms with E-state index in [0.29, 0.717) is 30.4 Å². The third-order valence-corrected chi connectivity index (χ3v) is 5.75. The first-order chi connectivity index (χ1) is 14.2. The van der Waals surface area contributed by atoms with Gasteiger partial charge in [-0.1, -0.05) is 31.2 Å². The second-order valence-electron chi connectivity index (χ2n) is 7.15. The van der Waals surface area contributed by atoms with Gasteiger partial charge in [-0.15, -0.1) is 0 Å². The molecular formula is C22H30N4O3S. The summed E-state index contributed by atoms with van der Waals surface area (Å²) >= 11 is 0. The number of aliphatic imine (C=N–C) groups is 1. The molecule has 0 atom stereocenters. The maximum atomic E-state index is 11.7. The summed E-state index contributed by atoms with van der Waals surface area (Å²) in [5.74, 6) is 0.660. The van der Waals surface area contributed by atoms with Crippen LogP contribution in [-0.4, -0.2) is 33.6 Å². The minimum absolute atomic E-state index is 0.0211. The number of nitrogens with one attached hydrogen (secondary N) is 3. The van der Waals surface area contributed by atoms with E-state index in [1.165, 1.54) is 6.26 Å². The molecule has 0 spiro atoms. The molecule has 0 heterocycles. The van der Waals surface area contributed by atoms with E-state index < -0.39 is 9.84 Å². The highest BCUT2D eigenvalue weighted by atomic mass is 32.2. The number of rotatable bonds is 8. The summed E-state index contributed by atoms with van der Waals surface area (Å²) < 4.78 is 23.5. The Hall–Kier alpha value is -2.87. The first kappa shape index (κ1) is 23.4. The predicted molar refractivity (Wildman–Crippen MR) is 121 cm³/mol. The first-order valence-corrected chi connectivity index (χ1v) is 11.7. The summed E-state index contributed by atoms with van der Waals surface area (Å²) in [7, 11) is -1.52. The largest absolute Gasteiger partial charge is 0.352 e. The molecule has 0 unspecified atom stereocenters. The summed E-state index contributed by atoms with van der Waals surface area (Å²) in [6, 6.07) is 13.0. The van der Waals surface area contributed by atoms with Crippen molar-refractivity contribution >= 4 is 27.4 Å². The van der Waals surface area contributed by atoms with Crippen molar-refractivity contribution in [2.75, 3.05) is 18.6 Å². The molecule has 2 aromatic carbocycles. The van der Waals surface area contributed by atoms with Gasteiger partial charge in [0.05, 0.1) is 4.90 Å². The standard InChI is InChI=1S/C22H30N4O3S/c1-5-6-21(27)26-19-10-7-17(8-11-19)14-24-22(23-3)25-15-18-9-12-20(16(2)13-18)30(4,28)29/h7-13H,5-6,14-15H2,1-4H3,(H,26,27)(H2,23,24,25). The van der Waals surface area contributed by atoms with E-state index in [0.717, 1.165) is 28.8 Å². The molecule has 162 valence electrons. The Morgan fingerprint density at radius 1 is 1.00 bits per heavy atom. The van der Waals surface area contributed by atoms with E-state index >= 15 is 0 Å². The maximum Gasteiger partial charge on any atom is 0.224 e. The van der Waals surface area contributed by atoms with Gasteiger partial charge in [-0.05, 0) is 48.2 Å². The molecule has 0 radical (unpaired) electrons. The van der Waals surface area contributed by atoms with Crippen molar-refractivity contribution in [2.45, 2.75) is 44.7 Å². The van der Waals surface area contributed by atoms with Crippen LogP contribution in [-0.2, 0) is 27.7 Å². The third kappa shape index (κ3) is 7.18. The molecule has 0 saturated carbocycles. The van der Waals surface area contributed by atoms with Crippen LogP contribution in [0.4, 0.5) is 5.69 Å². The van der Waals surface area contributed by atoms with Crippen LogP contribution < -0.4 is 16.0 Å². The number of benzene rings is 2. The highest BCUT2D eigenvalue weighted by Crippen LogP contribution is 2.16. The van der Waals surface area contributed by atoms with Gasteiger partial charge < -0.3 is 16.0 Å². The Balaban J connectivity index is 1.88. The van der Waals surface area contributed by atoms with Crippen molar-refractivity contribution in [1.29, 1.82) is 0 Å². The highest BCUT2D eigenvalue weighted by Gasteiger charge is 2.11. The fourth-order valence-electron chi connectivity index (χ4n) is 2.99. The zero-order valence-electron chi connectivity index (χ0n) is 18.0. The van der Waals surface area contributed by atoms with Crippen LogP contribution in [0.25, 0.3) is 0 Å². The Morgan fingerprint density at radius 3 is 2.13 bits per heavy atom. The molecule has 2 aromatic rings. The summed E-state index contributed by atoms with van der Waals surface area (Å²) in [6.45, 7) is 4.87. The van der Waals surface area contributed by atoms with Crippen LogP contribution >= 0.6 is 0 Å². The van der Waals surface area contributed by atoms with Crippen LogP contribution in [0.3, 0.4) is 0 Å². The summed E-state index contributed by atoms with van der Waals surface area (Å²) in [4.78, 5) is 16.2. The van der Waals surface area contributed by atoms with Crippen molar-refractivity contribution in [3.63, 3.8) is 0 Å². The number of carbonyl (C=O) groups is 1. The molecule has 30 heavy (non-hydrogen) atoms. The molecule has 8 heteroatoms. The number of amides is 1. The number of anilines is 1. The minimum Gasteiger partial charge on any atom is -0.352 e. The molecule has 0 aliphatic carbocycles. The van der Waals surface area contributed by atoms with Crippen LogP contribution in [0.2, 0.25) is 0 Å². The number of guanidine groups is 1. The van der Waals surface area contributed by atoms with E-state index in [2.05, 4.69) is 20.9 Å². The minimum atomic E-state index is -3.22. The Bertz CT molecular complexity index is 1000. The maximum absolute atomic E-state index is 11.7. The SMILES string of the molecule is CCCC(=O)Nc1ccc(CNC(=NC)NCc2ccc(S(C)(=O)=O)c(C)c2)cc1. The van der Waals surface area contributed by atoms with Gasteiger partial charge in [-0.25, -0.2) is 8.42 Å². The molecule has 1 amide bonds. The average Bonchev–Trinajstić information content (AvgIpc) is 2.68. The number of carbonyl (C=O) groups excluding carboxylic acids is 1. The second kappa shape index (κ2) is 10.8. The Morgan fingerprint density at radius 2 is 1.60 bits per heavy atom. The molecular weight excluding hydrogens is 400 g/mol. The molecule has 0 fully saturated rings. The van der Waals surface area contributed by atoms with Gasteiger partial charge >= 0.3 is 0 Å². The molecule has 3 N–H and O–H groups in total. The first-order valence-electron chi connectivity index (χ1n) is 9.85. The molecule has 0 aliphatic heterocycles. The van der Waals surface area contributed by atoms with Crippen molar-refractivity contribution in [3.8, 4) is 0 Å². The van der Waals surface area contributed by atoms with Gasteiger partial charge in [-0.2, -0.15) is 0 Å². The quantitative estimate of drug-likeness (QED) is 0.442. The zero-order chi connectivity index (χ0) is 22.1. The van der Waals surface area contributed by atoms with Crippen LogP contribution in [0.15, 0.2) is 52.4 Å². The predicted octanol–water partition coefficient (Wildman–Crippen LogP) is 3.00. The number of nitrogens with zero attached hydrogens (tertiary/aromatic N) is 1. The summed E-state index contributed by atoms with van der Waals surface area (Å²) in [5.41, 5.74) is 3.54.